The van der Waals surface area contributed by atoms with Gasteiger partial charge >= 0.3 is 0 Å². The van der Waals surface area contributed by atoms with Crippen molar-refractivity contribution in [2.75, 3.05) is 18.0 Å². The molecule has 0 radical (unpaired) electrons. The maximum atomic E-state index is 3.52. The Bertz CT molecular complexity index is 560. The highest BCUT2D eigenvalue weighted by Gasteiger charge is 2.12. The number of anilines is 1. The zero-order valence-corrected chi connectivity index (χ0v) is 12.1. The van der Waals surface area contributed by atoms with Crippen LogP contribution >= 0.6 is 0 Å². The van der Waals surface area contributed by atoms with Crippen molar-refractivity contribution in [3.63, 3.8) is 0 Å². The van der Waals surface area contributed by atoms with E-state index in [0.717, 1.165) is 32.6 Å². The summed E-state index contributed by atoms with van der Waals surface area (Å²) < 4.78 is 0. The van der Waals surface area contributed by atoms with E-state index in [1.165, 1.54) is 22.4 Å². The second-order valence-electron chi connectivity index (χ2n) is 5.39. The predicted molar refractivity (Wildman–Crippen MR) is 85.0 cm³/mol. The zero-order chi connectivity index (χ0) is 13.8. The third kappa shape index (κ3) is 2.86. The standard InChI is InChI=1S/C18H22N2/c1-2-15-7-9-18(10-8-15)20-12-11-19-13-16-5-3-4-6-17(16)14-20/h3-10,19H,2,11-14H2,1H3. The third-order valence-corrected chi connectivity index (χ3v) is 4.06. The van der Waals surface area contributed by atoms with Crippen LogP contribution in [0.5, 0.6) is 0 Å². The van der Waals surface area contributed by atoms with Crippen molar-refractivity contribution < 1.29 is 0 Å². The molecule has 20 heavy (non-hydrogen) atoms. The van der Waals surface area contributed by atoms with Gasteiger partial charge in [-0.3, -0.25) is 0 Å². The predicted octanol–water partition coefficient (Wildman–Crippen LogP) is 3.36. The second kappa shape index (κ2) is 6.10. The molecule has 104 valence electrons. The van der Waals surface area contributed by atoms with E-state index in [9.17, 15) is 0 Å². The molecule has 2 nitrogen and oxygen atoms in total. The first-order valence-electron chi connectivity index (χ1n) is 7.48. The van der Waals surface area contributed by atoms with Crippen LogP contribution in [0.25, 0.3) is 0 Å². The van der Waals surface area contributed by atoms with Gasteiger partial charge in [0.25, 0.3) is 0 Å². The van der Waals surface area contributed by atoms with Crippen molar-refractivity contribution in [2.45, 2.75) is 26.4 Å². The van der Waals surface area contributed by atoms with Gasteiger partial charge < -0.3 is 10.2 Å². The van der Waals surface area contributed by atoms with E-state index in [1.54, 1.807) is 0 Å². The van der Waals surface area contributed by atoms with E-state index in [4.69, 9.17) is 0 Å². The van der Waals surface area contributed by atoms with E-state index >= 15 is 0 Å². The molecular formula is C18H22N2. The largest absolute Gasteiger partial charge is 0.366 e. The maximum absolute atomic E-state index is 3.52. The lowest BCUT2D eigenvalue weighted by Crippen LogP contribution is -2.34. The van der Waals surface area contributed by atoms with Gasteiger partial charge in [-0.15, -0.1) is 0 Å². The van der Waals surface area contributed by atoms with Crippen LogP contribution in [0.2, 0.25) is 0 Å². The summed E-state index contributed by atoms with van der Waals surface area (Å²) in [5.74, 6) is 0. The number of benzene rings is 2. The van der Waals surface area contributed by atoms with E-state index < -0.39 is 0 Å². The monoisotopic (exact) mass is 266 g/mol. The van der Waals surface area contributed by atoms with Crippen LogP contribution in [0.1, 0.15) is 23.6 Å². The summed E-state index contributed by atoms with van der Waals surface area (Å²) in [6.45, 7) is 6.27. The number of nitrogens with one attached hydrogen (secondary N) is 1. The molecule has 1 aliphatic heterocycles. The summed E-state index contributed by atoms with van der Waals surface area (Å²) in [7, 11) is 0. The number of fused-ring (bicyclic) bond motifs is 1. The Labute approximate surface area is 121 Å². The minimum Gasteiger partial charge on any atom is -0.366 e. The van der Waals surface area contributed by atoms with E-state index in [-0.39, 0.29) is 0 Å². The number of rotatable bonds is 2. The summed E-state index contributed by atoms with van der Waals surface area (Å²) in [5, 5.41) is 3.52. The first-order valence-corrected chi connectivity index (χ1v) is 7.48. The molecule has 0 saturated heterocycles. The van der Waals surface area contributed by atoms with Crippen molar-refractivity contribution >= 4 is 5.69 Å². The highest BCUT2D eigenvalue weighted by molar-refractivity contribution is 5.49. The fraction of sp³-hybridized carbons (Fsp3) is 0.333. The summed E-state index contributed by atoms with van der Waals surface area (Å²) in [5.41, 5.74) is 5.57. The quantitative estimate of drug-likeness (QED) is 0.896. The lowest BCUT2D eigenvalue weighted by molar-refractivity contribution is 0.631. The molecule has 0 saturated carbocycles. The van der Waals surface area contributed by atoms with Gasteiger partial charge in [0.1, 0.15) is 0 Å². The van der Waals surface area contributed by atoms with Crippen molar-refractivity contribution in [2.24, 2.45) is 0 Å². The molecule has 2 heteroatoms. The van der Waals surface area contributed by atoms with Crippen molar-refractivity contribution in [3.05, 3.63) is 65.2 Å². The molecule has 2 aromatic rings. The molecule has 0 bridgehead atoms. The van der Waals surface area contributed by atoms with Gasteiger partial charge in [-0.05, 0) is 35.2 Å². The molecule has 0 fully saturated rings. The van der Waals surface area contributed by atoms with Crippen LogP contribution in [-0.4, -0.2) is 13.1 Å². The summed E-state index contributed by atoms with van der Waals surface area (Å²) in [4.78, 5) is 2.46. The van der Waals surface area contributed by atoms with Gasteiger partial charge in [-0.2, -0.15) is 0 Å². The number of hydrogen-bond acceptors (Lipinski definition) is 2. The minimum absolute atomic E-state index is 0.985. The van der Waals surface area contributed by atoms with Crippen molar-refractivity contribution in [1.29, 1.82) is 0 Å². The van der Waals surface area contributed by atoms with Crippen LogP contribution in [-0.2, 0) is 19.5 Å². The van der Waals surface area contributed by atoms with Gasteiger partial charge in [0.15, 0.2) is 0 Å². The third-order valence-electron chi connectivity index (χ3n) is 4.06. The molecule has 0 unspecified atom stereocenters. The smallest absolute Gasteiger partial charge is 0.0433 e. The first kappa shape index (κ1) is 13.2. The van der Waals surface area contributed by atoms with Gasteiger partial charge in [-0.1, -0.05) is 43.3 Å². The molecular weight excluding hydrogens is 244 g/mol. The van der Waals surface area contributed by atoms with Crippen LogP contribution in [0, 0.1) is 0 Å². The summed E-state index contributed by atoms with van der Waals surface area (Å²) in [6.07, 6.45) is 1.10. The molecule has 0 spiro atoms. The Morgan fingerprint density at radius 2 is 1.75 bits per heavy atom. The molecule has 1 N–H and O–H groups in total. The average Bonchev–Trinajstić information content (AvgIpc) is 2.48. The molecule has 0 atom stereocenters. The number of nitrogens with zero attached hydrogens (tertiary/aromatic N) is 1. The Morgan fingerprint density at radius 3 is 2.50 bits per heavy atom. The Morgan fingerprint density at radius 1 is 1.00 bits per heavy atom. The van der Waals surface area contributed by atoms with Crippen LogP contribution in [0.4, 0.5) is 5.69 Å². The maximum Gasteiger partial charge on any atom is 0.0433 e. The Hall–Kier alpha value is -1.80. The van der Waals surface area contributed by atoms with E-state index in [1.807, 2.05) is 0 Å². The SMILES string of the molecule is CCc1ccc(N2CCNCc3ccccc3C2)cc1. The van der Waals surface area contributed by atoms with Crippen molar-refractivity contribution in [3.8, 4) is 0 Å². The summed E-state index contributed by atoms with van der Waals surface area (Å²) in [6, 6.07) is 17.7. The highest BCUT2D eigenvalue weighted by Crippen LogP contribution is 2.21. The average molecular weight is 266 g/mol. The molecule has 3 rings (SSSR count). The highest BCUT2D eigenvalue weighted by atomic mass is 15.1. The zero-order valence-electron chi connectivity index (χ0n) is 12.1. The van der Waals surface area contributed by atoms with Gasteiger partial charge in [-0.25, -0.2) is 0 Å². The fourth-order valence-electron chi connectivity index (χ4n) is 2.77. The molecule has 0 aliphatic carbocycles. The number of hydrogen-bond donors (Lipinski definition) is 1. The van der Waals surface area contributed by atoms with Gasteiger partial charge in [0.05, 0.1) is 0 Å². The molecule has 0 aromatic heterocycles. The van der Waals surface area contributed by atoms with E-state index in [0.29, 0.717) is 0 Å². The lowest BCUT2D eigenvalue weighted by atomic mass is 10.1. The Kier molecular flexibility index (Phi) is 4.03. The molecule has 2 aromatic carbocycles. The van der Waals surface area contributed by atoms with Crippen LogP contribution in [0.15, 0.2) is 48.5 Å². The van der Waals surface area contributed by atoms with Gasteiger partial charge in [0.2, 0.25) is 0 Å². The summed E-state index contributed by atoms with van der Waals surface area (Å²) >= 11 is 0. The molecule has 1 heterocycles. The Balaban J connectivity index is 1.86. The normalized spacial score (nSPS) is 15.3. The van der Waals surface area contributed by atoms with Crippen LogP contribution in [0.3, 0.4) is 0 Å². The second-order valence-corrected chi connectivity index (χ2v) is 5.39. The first-order chi connectivity index (χ1) is 9.86. The van der Waals surface area contributed by atoms with Crippen LogP contribution < -0.4 is 10.2 Å². The van der Waals surface area contributed by atoms with Crippen molar-refractivity contribution in [1.82, 2.24) is 5.32 Å². The fourth-order valence-corrected chi connectivity index (χ4v) is 2.77. The molecule has 0 amide bonds. The topological polar surface area (TPSA) is 15.3 Å². The minimum atomic E-state index is 0.985. The molecule has 1 aliphatic rings. The van der Waals surface area contributed by atoms with E-state index in [2.05, 4.69) is 65.7 Å². The van der Waals surface area contributed by atoms with Gasteiger partial charge in [0, 0.05) is 31.9 Å². The number of aryl methyl sites for hydroxylation is 1. The lowest BCUT2D eigenvalue weighted by Gasteiger charge is -2.28.